The number of aryl methyl sites for hydroxylation is 1. The smallest absolute Gasteiger partial charge is 0.251 e. The van der Waals surface area contributed by atoms with Crippen LogP contribution in [0.5, 0.6) is 0 Å². The summed E-state index contributed by atoms with van der Waals surface area (Å²) in [6, 6.07) is 9.88. The normalized spacial score (nSPS) is 10.6. The molecule has 0 aliphatic rings. The van der Waals surface area contributed by atoms with E-state index in [0.29, 0.717) is 12.1 Å². The van der Waals surface area contributed by atoms with Gasteiger partial charge in [-0.25, -0.2) is 4.39 Å². The van der Waals surface area contributed by atoms with Gasteiger partial charge in [-0.3, -0.25) is 4.79 Å². The predicted octanol–water partition coefficient (Wildman–Crippen LogP) is 1.80. The average Bonchev–Trinajstić information content (AvgIpc) is 2.36. The van der Waals surface area contributed by atoms with E-state index >= 15 is 0 Å². The molecular weight excluding hydrogens is 231 g/mol. The van der Waals surface area contributed by atoms with Gasteiger partial charge in [-0.05, 0) is 30.7 Å². The van der Waals surface area contributed by atoms with Crippen LogP contribution in [0, 0.1) is 12.7 Å². The summed E-state index contributed by atoms with van der Waals surface area (Å²) < 4.78 is 15.0. The van der Waals surface area contributed by atoms with Gasteiger partial charge in [0.15, 0.2) is 0 Å². The number of nitrogens with zero attached hydrogens (tertiary/aromatic N) is 1. The molecule has 0 atom stereocenters. The number of hydrogen-bond donors (Lipinski definition) is 1. The molecule has 1 aromatic heterocycles. The third-order valence-electron chi connectivity index (χ3n) is 2.94. The molecule has 18 heavy (non-hydrogen) atoms. The van der Waals surface area contributed by atoms with Crippen LogP contribution in [0.3, 0.4) is 0 Å². The summed E-state index contributed by atoms with van der Waals surface area (Å²) in [6.07, 6.45) is 0. The number of aromatic nitrogens is 1. The quantitative estimate of drug-likeness (QED) is 0.897. The van der Waals surface area contributed by atoms with Crippen molar-refractivity contribution >= 4 is 0 Å². The topological polar surface area (TPSA) is 48.0 Å². The highest BCUT2D eigenvalue weighted by Gasteiger charge is 2.04. The Bertz CT molecular complexity index is 619. The van der Waals surface area contributed by atoms with Gasteiger partial charge < -0.3 is 10.3 Å². The molecule has 3 nitrogen and oxygen atoms in total. The zero-order valence-electron chi connectivity index (χ0n) is 10.2. The van der Waals surface area contributed by atoms with E-state index in [2.05, 4.69) is 0 Å². The second-order valence-electron chi connectivity index (χ2n) is 4.22. The molecule has 0 saturated carbocycles. The maximum atomic E-state index is 13.3. The van der Waals surface area contributed by atoms with Crippen LogP contribution in [0.25, 0.3) is 0 Å². The average molecular weight is 246 g/mol. The lowest BCUT2D eigenvalue weighted by atomic mass is 10.1. The predicted molar refractivity (Wildman–Crippen MR) is 68.8 cm³/mol. The summed E-state index contributed by atoms with van der Waals surface area (Å²) in [5.74, 6) is -0.307. The van der Waals surface area contributed by atoms with Crippen molar-refractivity contribution in [2.45, 2.75) is 20.0 Å². The fourth-order valence-electron chi connectivity index (χ4n) is 1.89. The van der Waals surface area contributed by atoms with Crippen LogP contribution < -0.4 is 11.3 Å². The number of nitrogens with two attached hydrogens (primary N) is 1. The van der Waals surface area contributed by atoms with Crippen molar-refractivity contribution in [3.63, 3.8) is 0 Å². The van der Waals surface area contributed by atoms with Crippen molar-refractivity contribution in [3.8, 4) is 0 Å². The number of benzene rings is 1. The molecule has 0 unspecified atom stereocenters. The third-order valence-corrected chi connectivity index (χ3v) is 2.94. The van der Waals surface area contributed by atoms with E-state index in [1.165, 1.54) is 12.1 Å². The lowest BCUT2D eigenvalue weighted by molar-refractivity contribution is 0.608. The lowest BCUT2D eigenvalue weighted by Crippen LogP contribution is -2.21. The van der Waals surface area contributed by atoms with E-state index < -0.39 is 0 Å². The molecule has 0 aliphatic heterocycles. The van der Waals surface area contributed by atoms with E-state index in [1.807, 2.05) is 13.0 Å². The van der Waals surface area contributed by atoms with Crippen LogP contribution in [-0.2, 0) is 13.1 Å². The first kappa shape index (κ1) is 12.5. The lowest BCUT2D eigenvalue weighted by Gasteiger charge is -2.10. The molecule has 4 heteroatoms. The fraction of sp³-hybridized carbons (Fsp3) is 0.214. The minimum atomic E-state index is -0.307. The van der Waals surface area contributed by atoms with Gasteiger partial charge in [-0.15, -0.1) is 0 Å². The molecule has 1 heterocycles. The zero-order valence-corrected chi connectivity index (χ0v) is 10.2. The molecule has 0 saturated heterocycles. The molecule has 94 valence electrons. The molecule has 2 rings (SSSR count). The van der Waals surface area contributed by atoms with Gasteiger partial charge in [0.2, 0.25) is 0 Å². The Kier molecular flexibility index (Phi) is 3.58. The van der Waals surface area contributed by atoms with E-state index in [4.69, 9.17) is 5.73 Å². The first-order chi connectivity index (χ1) is 8.61. The summed E-state index contributed by atoms with van der Waals surface area (Å²) in [5, 5.41) is 0. The molecule has 1 aromatic carbocycles. The summed E-state index contributed by atoms with van der Waals surface area (Å²) in [7, 11) is 0. The number of halogens is 1. The first-order valence-corrected chi connectivity index (χ1v) is 5.75. The second kappa shape index (κ2) is 5.14. The van der Waals surface area contributed by atoms with Crippen molar-refractivity contribution in [1.82, 2.24) is 4.57 Å². The van der Waals surface area contributed by atoms with Crippen molar-refractivity contribution in [2.75, 3.05) is 0 Å². The number of hydrogen-bond acceptors (Lipinski definition) is 2. The Balaban J connectivity index is 2.37. The summed E-state index contributed by atoms with van der Waals surface area (Å²) >= 11 is 0. The Labute approximate surface area is 105 Å². The minimum Gasteiger partial charge on any atom is -0.326 e. The van der Waals surface area contributed by atoms with Crippen LogP contribution in [0.2, 0.25) is 0 Å². The van der Waals surface area contributed by atoms with E-state index in [0.717, 1.165) is 11.3 Å². The maximum absolute atomic E-state index is 13.3. The van der Waals surface area contributed by atoms with Crippen molar-refractivity contribution in [2.24, 2.45) is 5.73 Å². The number of rotatable bonds is 3. The molecule has 0 aliphatic carbocycles. The SMILES string of the molecule is Cc1cccc(=O)n1Cc1ccc(F)c(CN)c1. The molecule has 2 N–H and O–H groups in total. The number of pyridine rings is 1. The molecule has 0 fully saturated rings. The highest BCUT2D eigenvalue weighted by Crippen LogP contribution is 2.11. The molecule has 0 radical (unpaired) electrons. The molecule has 0 amide bonds. The van der Waals surface area contributed by atoms with Crippen molar-refractivity contribution in [3.05, 3.63) is 69.4 Å². The molecule has 0 spiro atoms. The van der Waals surface area contributed by atoms with Gasteiger partial charge in [-0.1, -0.05) is 12.1 Å². The fourth-order valence-corrected chi connectivity index (χ4v) is 1.89. The summed E-state index contributed by atoms with van der Waals surface area (Å²) in [5.41, 5.74) is 7.61. The highest BCUT2D eigenvalue weighted by molar-refractivity contribution is 5.25. The van der Waals surface area contributed by atoms with Crippen LogP contribution in [0.1, 0.15) is 16.8 Å². The van der Waals surface area contributed by atoms with Gasteiger partial charge in [0.05, 0.1) is 6.54 Å². The van der Waals surface area contributed by atoms with Gasteiger partial charge in [0.25, 0.3) is 5.56 Å². The Morgan fingerprint density at radius 2 is 2.06 bits per heavy atom. The van der Waals surface area contributed by atoms with Gasteiger partial charge in [0.1, 0.15) is 5.82 Å². The van der Waals surface area contributed by atoms with Crippen LogP contribution in [0.4, 0.5) is 4.39 Å². The van der Waals surface area contributed by atoms with Gasteiger partial charge >= 0.3 is 0 Å². The molecular formula is C14H15FN2O. The minimum absolute atomic E-state index is 0.0615. The maximum Gasteiger partial charge on any atom is 0.251 e. The van der Waals surface area contributed by atoms with Crippen molar-refractivity contribution in [1.29, 1.82) is 0 Å². The van der Waals surface area contributed by atoms with Gasteiger partial charge in [-0.2, -0.15) is 0 Å². The highest BCUT2D eigenvalue weighted by atomic mass is 19.1. The Morgan fingerprint density at radius 1 is 1.28 bits per heavy atom. The molecule has 2 aromatic rings. The monoisotopic (exact) mass is 246 g/mol. The third kappa shape index (κ3) is 2.49. The molecule has 0 bridgehead atoms. The van der Waals surface area contributed by atoms with Crippen LogP contribution >= 0.6 is 0 Å². The Hall–Kier alpha value is -1.94. The van der Waals surface area contributed by atoms with Crippen LogP contribution in [0.15, 0.2) is 41.2 Å². The van der Waals surface area contributed by atoms with Crippen LogP contribution in [-0.4, -0.2) is 4.57 Å². The van der Waals surface area contributed by atoms with E-state index in [9.17, 15) is 9.18 Å². The largest absolute Gasteiger partial charge is 0.326 e. The van der Waals surface area contributed by atoms with E-state index in [1.54, 1.807) is 22.8 Å². The zero-order chi connectivity index (χ0) is 13.1. The Morgan fingerprint density at radius 3 is 2.72 bits per heavy atom. The van der Waals surface area contributed by atoms with Gasteiger partial charge in [0, 0.05) is 23.9 Å². The standard InChI is InChI=1S/C14H15FN2O/c1-10-3-2-4-14(18)17(10)9-11-5-6-13(15)12(7-11)8-16/h2-7H,8-9,16H2,1H3. The van der Waals surface area contributed by atoms with Crippen molar-refractivity contribution < 1.29 is 4.39 Å². The summed E-state index contributed by atoms with van der Waals surface area (Å²) in [4.78, 5) is 11.7. The first-order valence-electron chi connectivity index (χ1n) is 5.75. The van der Waals surface area contributed by atoms with E-state index in [-0.39, 0.29) is 17.9 Å². The second-order valence-corrected chi connectivity index (χ2v) is 4.22. The summed E-state index contributed by atoms with van der Waals surface area (Å²) in [6.45, 7) is 2.45.